The lowest BCUT2D eigenvalue weighted by Crippen LogP contribution is -2.25. The average molecular weight is 755 g/mol. The van der Waals surface area contributed by atoms with Crippen LogP contribution in [0.2, 0.25) is 0 Å². The van der Waals surface area contributed by atoms with E-state index in [0.29, 0.717) is 0 Å². The molecule has 3 aliphatic carbocycles. The molecule has 3 aromatic heterocycles. The molecule has 8 aromatic carbocycles. The van der Waals surface area contributed by atoms with E-state index in [-0.39, 0.29) is 0 Å². The van der Waals surface area contributed by atoms with Gasteiger partial charge in [-0.1, -0.05) is 121 Å². The average Bonchev–Trinajstić information content (AvgIpc) is 4.06. The molecule has 0 amide bonds. The first-order chi connectivity index (χ1) is 28.8. The molecule has 11 aromatic rings. The largest absolute Gasteiger partial charge is 0.309 e. The number of hydrogen-bond donors (Lipinski definition) is 0. The van der Waals surface area contributed by atoms with Crippen LogP contribution in [0.4, 0.5) is 0 Å². The van der Waals surface area contributed by atoms with Crippen molar-refractivity contribution < 1.29 is 0 Å². The number of rotatable bonds is 2. The fraction of sp³-hybridized carbons (Fsp3) is 0.0545. The summed E-state index contributed by atoms with van der Waals surface area (Å²) in [6.07, 6.45) is 6.91. The summed E-state index contributed by atoms with van der Waals surface area (Å²) in [6.45, 7) is 0. The lowest BCUT2D eigenvalue weighted by molar-refractivity contribution is 0.794. The van der Waals surface area contributed by atoms with E-state index in [4.69, 9.17) is 0 Å². The SMILES string of the molecule is C1=Cc2sc3c(ccc4c3c3ccccc3n4-c3ccc4c(c3)c3cc5c(cc3n4-c3ccccc3)C3(c4ccccc4-c4ccccc43)c3ccccc3-5)c2CC1. The Bertz CT molecular complexity index is 3580. The summed E-state index contributed by atoms with van der Waals surface area (Å²) in [7, 11) is 0. The second kappa shape index (κ2) is 11.1. The number of thiophene rings is 1. The summed E-state index contributed by atoms with van der Waals surface area (Å²) in [5, 5.41) is 6.62. The molecule has 3 heterocycles. The van der Waals surface area contributed by atoms with Crippen molar-refractivity contribution in [3.05, 3.63) is 209 Å². The van der Waals surface area contributed by atoms with Gasteiger partial charge in [0, 0.05) is 42.5 Å². The van der Waals surface area contributed by atoms with Gasteiger partial charge in [-0.05, 0) is 129 Å². The third-order valence-electron chi connectivity index (χ3n) is 13.6. The molecule has 0 unspecified atom stereocenters. The fourth-order valence-corrected chi connectivity index (χ4v) is 12.7. The maximum atomic E-state index is 2.54. The highest BCUT2D eigenvalue weighted by molar-refractivity contribution is 7.21. The minimum Gasteiger partial charge on any atom is -0.309 e. The number of benzene rings is 8. The molecule has 58 heavy (non-hydrogen) atoms. The highest BCUT2D eigenvalue weighted by Crippen LogP contribution is 2.63. The van der Waals surface area contributed by atoms with Crippen molar-refractivity contribution in [3.8, 4) is 33.6 Å². The highest BCUT2D eigenvalue weighted by atomic mass is 32.1. The minimum atomic E-state index is -0.401. The van der Waals surface area contributed by atoms with Crippen LogP contribution in [0.3, 0.4) is 0 Å². The topological polar surface area (TPSA) is 9.86 Å². The maximum Gasteiger partial charge on any atom is 0.0726 e. The van der Waals surface area contributed by atoms with Gasteiger partial charge in [0.15, 0.2) is 0 Å². The number of para-hydroxylation sites is 2. The van der Waals surface area contributed by atoms with Crippen LogP contribution in [0, 0.1) is 0 Å². The molecule has 0 saturated heterocycles. The Morgan fingerprint density at radius 2 is 1.05 bits per heavy atom. The lowest BCUT2D eigenvalue weighted by atomic mass is 9.70. The van der Waals surface area contributed by atoms with E-state index in [2.05, 4.69) is 191 Å². The quantitative estimate of drug-likeness (QED) is 0.166. The lowest BCUT2D eigenvalue weighted by Gasteiger charge is -2.30. The second-order valence-corrected chi connectivity index (χ2v) is 17.3. The first kappa shape index (κ1) is 31.2. The molecular formula is C55H34N2S. The molecule has 0 radical (unpaired) electrons. The predicted octanol–water partition coefficient (Wildman–Crippen LogP) is 14.4. The van der Waals surface area contributed by atoms with Gasteiger partial charge in [-0.25, -0.2) is 0 Å². The van der Waals surface area contributed by atoms with Gasteiger partial charge in [0.1, 0.15) is 0 Å². The molecule has 0 saturated carbocycles. The van der Waals surface area contributed by atoms with Gasteiger partial charge in [-0.15, -0.1) is 11.3 Å². The van der Waals surface area contributed by atoms with Gasteiger partial charge < -0.3 is 9.13 Å². The number of aryl methyl sites for hydroxylation is 1. The molecule has 0 N–H and O–H groups in total. The smallest absolute Gasteiger partial charge is 0.0726 e. The molecule has 0 bridgehead atoms. The van der Waals surface area contributed by atoms with E-state index in [9.17, 15) is 0 Å². The van der Waals surface area contributed by atoms with Crippen LogP contribution in [0.1, 0.15) is 39.1 Å². The van der Waals surface area contributed by atoms with Crippen molar-refractivity contribution in [3.63, 3.8) is 0 Å². The summed E-state index contributed by atoms with van der Waals surface area (Å²) in [4.78, 5) is 1.42. The van der Waals surface area contributed by atoms with Gasteiger partial charge in [0.25, 0.3) is 0 Å². The van der Waals surface area contributed by atoms with Crippen LogP contribution in [0.15, 0.2) is 176 Å². The van der Waals surface area contributed by atoms with Crippen molar-refractivity contribution in [2.45, 2.75) is 18.3 Å². The van der Waals surface area contributed by atoms with Gasteiger partial charge in [0.2, 0.25) is 0 Å². The van der Waals surface area contributed by atoms with Crippen LogP contribution in [0.5, 0.6) is 0 Å². The predicted molar refractivity (Wildman–Crippen MR) is 244 cm³/mol. The normalized spacial score (nSPS) is 14.5. The zero-order valence-electron chi connectivity index (χ0n) is 31.5. The first-order valence-corrected chi connectivity index (χ1v) is 21.2. The summed E-state index contributed by atoms with van der Waals surface area (Å²) in [5.41, 5.74) is 19.2. The Labute approximate surface area is 339 Å². The van der Waals surface area contributed by atoms with Crippen molar-refractivity contribution in [2.75, 3.05) is 0 Å². The zero-order valence-corrected chi connectivity index (χ0v) is 32.4. The summed E-state index contributed by atoms with van der Waals surface area (Å²) in [6, 6.07) is 64.3. The highest BCUT2D eigenvalue weighted by Gasteiger charge is 2.51. The standard InChI is InChI=1S/C55H34N2S/c1-2-14-33(15-3-1)56-49-28-26-34(57-48-24-12-7-20-40(48)53-50(57)29-27-39-38-19-8-13-25-52(38)58-54(39)53)30-42(49)43-31-41-37-18-6-11-23-46(37)55(47(41)32-51(43)56)44-21-9-4-16-35(44)36-17-5-10-22-45(36)55/h1-7,9-18,20-32H,8,19H2. The molecule has 0 fully saturated rings. The van der Waals surface area contributed by atoms with Crippen LogP contribution < -0.4 is 0 Å². The Kier molecular flexibility index (Phi) is 5.98. The van der Waals surface area contributed by atoms with Crippen LogP contribution in [-0.2, 0) is 11.8 Å². The van der Waals surface area contributed by atoms with E-state index in [1.54, 1.807) is 0 Å². The minimum absolute atomic E-state index is 0.401. The van der Waals surface area contributed by atoms with Crippen LogP contribution in [-0.4, -0.2) is 9.13 Å². The third kappa shape index (κ3) is 3.74. The van der Waals surface area contributed by atoms with E-state index in [1.807, 2.05) is 11.3 Å². The molecule has 2 nitrogen and oxygen atoms in total. The Hall–Kier alpha value is -6.94. The van der Waals surface area contributed by atoms with Gasteiger partial charge in [-0.2, -0.15) is 0 Å². The van der Waals surface area contributed by atoms with E-state index < -0.39 is 5.41 Å². The number of aromatic nitrogens is 2. The molecular weight excluding hydrogens is 721 g/mol. The molecule has 14 rings (SSSR count). The van der Waals surface area contributed by atoms with Crippen molar-refractivity contribution >= 4 is 71.1 Å². The molecule has 270 valence electrons. The van der Waals surface area contributed by atoms with Gasteiger partial charge in [-0.3, -0.25) is 0 Å². The Morgan fingerprint density at radius 1 is 0.431 bits per heavy atom. The zero-order chi connectivity index (χ0) is 37.7. The van der Waals surface area contributed by atoms with Crippen LogP contribution in [0.25, 0.3) is 93.4 Å². The van der Waals surface area contributed by atoms with Crippen molar-refractivity contribution in [1.29, 1.82) is 0 Å². The number of nitrogens with zero attached hydrogens (tertiary/aromatic N) is 2. The maximum absolute atomic E-state index is 2.54. The third-order valence-corrected chi connectivity index (χ3v) is 14.8. The van der Waals surface area contributed by atoms with Gasteiger partial charge >= 0.3 is 0 Å². The summed E-state index contributed by atoms with van der Waals surface area (Å²) in [5.74, 6) is 0. The monoisotopic (exact) mass is 754 g/mol. The summed E-state index contributed by atoms with van der Waals surface area (Å²) >= 11 is 1.96. The van der Waals surface area contributed by atoms with Gasteiger partial charge in [0.05, 0.1) is 27.5 Å². The number of allylic oxidation sites excluding steroid dienone is 1. The second-order valence-electron chi connectivity index (χ2n) is 16.2. The molecule has 1 spiro atoms. The first-order valence-electron chi connectivity index (χ1n) is 20.4. The Morgan fingerprint density at radius 3 is 1.83 bits per heavy atom. The fourth-order valence-electron chi connectivity index (χ4n) is 11.4. The van der Waals surface area contributed by atoms with E-state index in [1.165, 1.54) is 120 Å². The van der Waals surface area contributed by atoms with E-state index in [0.717, 1.165) is 12.8 Å². The Balaban J connectivity index is 1.09. The molecule has 3 aliphatic rings. The molecule has 3 heteroatoms. The molecule has 0 aliphatic heterocycles. The van der Waals surface area contributed by atoms with Crippen molar-refractivity contribution in [2.24, 2.45) is 0 Å². The molecule has 0 atom stereocenters. The van der Waals surface area contributed by atoms with Crippen molar-refractivity contribution in [1.82, 2.24) is 9.13 Å². The van der Waals surface area contributed by atoms with E-state index >= 15 is 0 Å². The van der Waals surface area contributed by atoms with Crippen LogP contribution >= 0.6 is 11.3 Å². The number of hydrogen-bond acceptors (Lipinski definition) is 1. The summed E-state index contributed by atoms with van der Waals surface area (Å²) < 4.78 is 6.41. The number of fused-ring (bicyclic) bond motifs is 20.